The molecule has 0 aromatic carbocycles. The Morgan fingerprint density at radius 2 is 1.89 bits per heavy atom. The van der Waals surface area contributed by atoms with Crippen molar-refractivity contribution in [3.8, 4) is 12.3 Å². The lowest BCUT2D eigenvalue weighted by Crippen LogP contribution is -2.29. The first-order chi connectivity index (χ1) is 3.95. The van der Waals surface area contributed by atoms with Crippen molar-refractivity contribution in [3.63, 3.8) is 0 Å². The molecule has 0 bridgehead atoms. The van der Waals surface area contributed by atoms with Crippen LogP contribution < -0.4 is 0 Å². The van der Waals surface area contributed by atoms with Gasteiger partial charge in [-0.25, -0.2) is 0 Å². The van der Waals surface area contributed by atoms with E-state index < -0.39 is 8.32 Å². The second-order valence-electron chi connectivity index (χ2n) is 3.04. The van der Waals surface area contributed by atoms with Crippen molar-refractivity contribution in [2.24, 2.45) is 0 Å². The zero-order chi connectivity index (χ0) is 7.49. The van der Waals surface area contributed by atoms with E-state index >= 15 is 0 Å². The van der Waals surface area contributed by atoms with Gasteiger partial charge >= 0.3 is 0 Å². The van der Waals surface area contributed by atoms with Crippen molar-refractivity contribution in [3.05, 3.63) is 0 Å². The molecular formula is C7H14OSi. The number of rotatable bonds is 2. The van der Waals surface area contributed by atoms with E-state index in [0.29, 0.717) is 0 Å². The molecule has 1 nitrogen and oxygen atoms in total. The minimum Gasteiger partial charge on any atom is -0.404 e. The summed E-state index contributed by atoms with van der Waals surface area (Å²) in [7, 11) is -1.38. The van der Waals surface area contributed by atoms with Crippen molar-refractivity contribution in [1.82, 2.24) is 0 Å². The Bertz CT molecular complexity index is 118. The SMILES string of the molecule is C#CC(C)O[Si](C)(C)C. The van der Waals surface area contributed by atoms with E-state index in [1.807, 2.05) is 6.92 Å². The maximum atomic E-state index is 5.49. The Balaban J connectivity index is 3.63. The molecule has 0 fully saturated rings. The van der Waals surface area contributed by atoms with Crippen LogP contribution in [0, 0.1) is 12.3 Å². The molecule has 0 aromatic rings. The zero-order valence-corrected chi connectivity index (χ0v) is 7.56. The van der Waals surface area contributed by atoms with E-state index in [2.05, 4.69) is 25.6 Å². The fourth-order valence-electron chi connectivity index (χ4n) is 0.564. The van der Waals surface area contributed by atoms with Crippen LogP contribution in [0.5, 0.6) is 0 Å². The van der Waals surface area contributed by atoms with Crippen LogP contribution in [0.15, 0.2) is 0 Å². The van der Waals surface area contributed by atoms with Crippen LogP contribution in [0.4, 0.5) is 0 Å². The summed E-state index contributed by atoms with van der Waals surface area (Å²) in [4.78, 5) is 0. The van der Waals surface area contributed by atoms with Crippen LogP contribution in [-0.2, 0) is 4.43 Å². The van der Waals surface area contributed by atoms with Gasteiger partial charge in [0.05, 0.1) is 0 Å². The molecule has 0 spiro atoms. The summed E-state index contributed by atoms with van der Waals surface area (Å²) in [6.07, 6.45) is 5.11. The van der Waals surface area contributed by atoms with Gasteiger partial charge in [-0.3, -0.25) is 0 Å². The lowest BCUT2D eigenvalue weighted by Gasteiger charge is -2.19. The fraction of sp³-hybridized carbons (Fsp3) is 0.714. The second kappa shape index (κ2) is 3.05. The molecule has 0 rings (SSSR count). The molecular weight excluding hydrogens is 128 g/mol. The minimum atomic E-state index is -1.38. The molecule has 0 aliphatic carbocycles. The summed E-state index contributed by atoms with van der Waals surface area (Å²) in [5, 5.41) is 0. The van der Waals surface area contributed by atoms with Crippen molar-refractivity contribution in [1.29, 1.82) is 0 Å². The molecule has 52 valence electrons. The van der Waals surface area contributed by atoms with Gasteiger partial charge in [-0.05, 0) is 26.6 Å². The van der Waals surface area contributed by atoms with E-state index in [1.54, 1.807) is 0 Å². The maximum absolute atomic E-state index is 5.49. The third-order valence-corrected chi connectivity index (χ3v) is 1.83. The Hall–Kier alpha value is -0.263. The summed E-state index contributed by atoms with van der Waals surface area (Å²) in [5.74, 6) is 2.53. The molecule has 0 saturated heterocycles. The van der Waals surface area contributed by atoms with E-state index in [1.165, 1.54) is 0 Å². The van der Waals surface area contributed by atoms with E-state index in [4.69, 9.17) is 10.8 Å². The first-order valence-corrected chi connectivity index (χ1v) is 6.50. The van der Waals surface area contributed by atoms with Gasteiger partial charge in [-0.1, -0.05) is 5.92 Å². The average molecular weight is 142 g/mol. The lowest BCUT2D eigenvalue weighted by molar-refractivity contribution is 0.272. The minimum absolute atomic E-state index is 0.0170. The van der Waals surface area contributed by atoms with Gasteiger partial charge in [0, 0.05) is 0 Å². The normalized spacial score (nSPS) is 14.6. The summed E-state index contributed by atoms with van der Waals surface area (Å²) in [6.45, 7) is 8.28. The van der Waals surface area contributed by atoms with Crippen molar-refractivity contribution in [2.45, 2.75) is 32.7 Å². The Labute approximate surface area is 58.5 Å². The highest BCUT2D eigenvalue weighted by Crippen LogP contribution is 2.05. The summed E-state index contributed by atoms with van der Waals surface area (Å²) in [6, 6.07) is 0. The first kappa shape index (κ1) is 8.74. The van der Waals surface area contributed by atoms with Crippen LogP contribution in [0.3, 0.4) is 0 Å². The van der Waals surface area contributed by atoms with Gasteiger partial charge < -0.3 is 4.43 Å². The predicted molar refractivity (Wildman–Crippen MR) is 42.7 cm³/mol. The molecule has 0 saturated carbocycles. The molecule has 1 atom stereocenters. The molecule has 2 heteroatoms. The van der Waals surface area contributed by atoms with Crippen LogP contribution in [0.25, 0.3) is 0 Å². The van der Waals surface area contributed by atoms with Crippen molar-refractivity contribution in [2.75, 3.05) is 0 Å². The first-order valence-electron chi connectivity index (χ1n) is 3.09. The molecule has 1 unspecified atom stereocenters. The van der Waals surface area contributed by atoms with E-state index in [-0.39, 0.29) is 6.10 Å². The van der Waals surface area contributed by atoms with Gasteiger partial charge in [0.1, 0.15) is 6.10 Å². The van der Waals surface area contributed by atoms with Gasteiger partial charge in [-0.2, -0.15) is 0 Å². The standard InChI is InChI=1S/C7H14OSi/c1-6-7(2)8-9(3,4)5/h1,7H,2-5H3. The van der Waals surface area contributed by atoms with Gasteiger partial charge in [0.15, 0.2) is 8.32 Å². The third kappa shape index (κ3) is 5.61. The Morgan fingerprint density at radius 3 is 2.00 bits per heavy atom. The highest BCUT2D eigenvalue weighted by atomic mass is 28.4. The highest BCUT2D eigenvalue weighted by Gasteiger charge is 2.16. The molecule has 0 amide bonds. The van der Waals surface area contributed by atoms with Gasteiger partial charge in [0.25, 0.3) is 0 Å². The smallest absolute Gasteiger partial charge is 0.185 e. The summed E-state index contributed by atoms with van der Waals surface area (Å²) in [5.41, 5.74) is 0. The van der Waals surface area contributed by atoms with Crippen molar-refractivity contribution < 1.29 is 4.43 Å². The third-order valence-electron chi connectivity index (χ3n) is 0.765. The lowest BCUT2D eigenvalue weighted by atomic mass is 10.4. The molecule has 0 heterocycles. The van der Waals surface area contributed by atoms with Crippen LogP contribution in [0.2, 0.25) is 19.6 Å². The van der Waals surface area contributed by atoms with E-state index in [0.717, 1.165) is 0 Å². The largest absolute Gasteiger partial charge is 0.404 e. The summed E-state index contributed by atoms with van der Waals surface area (Å²) >= 11 is 0. The highest BCUT2D eigenvalue weighted by molar-refractivity contribution is 6.69. The second-order valence-corrected chi connectivity index (χ2v) is 7.50. The molecule has 9 heavy (non-hydrogen) atoms. The van der Waals surface area contributed by atoms with Crippen LogP contribution in [0.1, 0.15) is 6.92 Å². The van der Waals surface area contributed by atoms with Crippen molar-refractivity contribution >= 4 is 8.32 Å². The van der Waals surface area contributed by atoms with Crippen LogP contribution in [-0.4, -0.2) is 14.4 Å². The number of hydrogen-bond acceptors (Lipinski definition) is 1. The predicted octanol–water partition coefficient (Wildman–Crippen LogP) is 1.86. The molecule has 0 aromatic heterocycles. The monoisotopic (exact) mass is 142 g/mol. The van der Waals surface area contributed by atoms with Crippen LogP contribution >= 0.6 is 0 Å². The summed E-state index contributed by atoms with van der Waals surface area (Å²) < 4.78 is 5.49. The maximum Gasteiger partial charge on any atom is 0.185 e. The topological polar surface area (TPSA) is 9.23 Å². The van der Waals surface area contributed by atoms with Gasteiger partial charge in [0.2, 0.25) is 0 Å². The van der Waals surface area contributed by atoms with E-state index in [9.17, 15) is 0 Å². The quantitative estimate of drug-likeness (QED) is 0.422. The Morgan fingerprint density at radius 1 is 1.44 bits per heavy atom. The molecule has 0 radical (unpaired) electrons. The zero-order valence-electron chi connectivity index (χ0n) is 6.56. The van der Waals surface area contributed by atoms with Gasteiger partial charge in [-0.15, -0.1) is 6.42 Å². The number of terminal acetylenes is 1. The number of hydrogen-bond donors (Lipinski definition) is 0. The average Bonchev–Trinajstić information content (AvgIpc) is 1.62. The molecule has 0 N–H and O–H groups in total. The fourth-order valence-corrected chi connectivity index (χ4v) is 1.69. The molecule has 0 aliphatic heterocycles. The molecule has 0 aliphatic rings. The Kier molecular flexibility index (Phi) is 2.96.